The first kappa shape index (κ1) is 13.0. The predicted octanol–water partition coefficient (Wildman–Crippen LogP) is 2.52. The largest absolute Gasteiger partial charge is 0.396 e. The van der Waals surface area contributed by atoms with Crippen molar-refractivity contribution in [1.29, 1.82) is 0 Å². The van der Waals surface area contributed by atoms with Gasteiger partial charge in [-0.15, -0.1) is 0 Å². The van der Waals surface area contributed by atoms with Crippen LogP contribution in [-0.2, 0) is 0 Å². The molecule has 1 saturated heterocycles. The molecule has 1 aliphatic heterocycles. The molecule has 0 aromatic carbocycles. The van der Waals surface area contributed by atoms with Gasteiger partial charge in [0.2, 0.25) is 0 Å². The molecule has 0 radical (unpaired) electrons. The van der Waals surface area contributed by atoms with E-state index in [0.717, 1.165) is 12.3 Å². The van der Waals surface area contributed by atoms with Crippen molar-refractivity contribution in [2.75, 3.05) is 19.7 Å². The molecule has 1 aliphatic rings. The molecule has 0 aromatic rings. The van der Waals surface area contributed by atoms with Crippen LogP contribution in [0.1, 0.15) is 47.0 Å². The van der Waals surface area contributed by atoms with Crippen LogP contribution in [0.15, 0.2) is 0 Å². The average molecular weight is 213 g/mol. The lowest BCUT2D eigenvalue weighted by molar-refractivity contribution is 0.116. The Morgan fingerprint density at radius 1 is 1.40 bits per heavy atom. The van der Waals surface area contributed by atoms with Gasteiger partial charge in [0.05, 0.1) is 0 Å². The maximum Gasteiger partial charge on any atom is 0.0434 e. The maximum absolute atomic E-state index is 9.04. The van der Waals surface area contributed by atoms with Crippen molar-refractivity contribution in [2.24, 2.45) is 11.8 Å². The zero-order chi connectivity index (χ0) is 11.5. The Labute approximate surface area is 94.7 Å². The summed E-state index contributed by atoms with van der Waals surface area (Å²) in [5.41, 5.74) is 0.289. The Morgan fingerprint density at radius 2 is 2.07 bits per heavy atom. The van der Waals surface area contributed by atoms with E-state index in [4.69, 9.17) is 5.11 Å². The Balaban J connectivity index is 2.47. The molecule has 1 heterocycles. The van der Waals surface area contributed by atoms with Gasteiger partial charge in [-0.05, 0) is 58.0 Å². The summed E-state index contributed by atoms with van der Waals surface area (Å²) in [6, 6.07) is 0. The van der Waals surface area contributed by atoms with Crippen LogP contribution in [0.25, 0.3) is 0 Å². The molecule has 1 rings (SSSR count). The fourth-order valence-electron chi connectivity index (χ4n) is 2.68. The summed E-state index contributed by atoms with van der Waals surface area (Å²) in [7, 11) is 0. The van der Waals surface area contributed by atoms with Gasteiger partial charge in [0.25, 0.3) is 0 Å². The standard InChI is InChI=1S/C13H27NO/c1-11(2)5-8-14-9-6-12(7-10-15)13(14,3)4/h11-12,15H,5-10H2,1-4H3. The van der Waals surface area contributed by atoms with Crippen LogP contribution in [-0.4, -0.2) is 35.2 Å². The maximum atomic E-state index is 9.04. The third-order valence-corrected chi connectivity index (χ3v) is 4.02. The molecule has 1 unspecified atom stereocenters. The van der Waals surface area contributed by atoms with Crippen LogP contribution in [0.4, 0.5) is 0 Å². The highest BCUT2D eigenvalue weighted by molar-refractivity contribution is 4.94. The number of nitrogens with zero attached hydrogens (tertiary/aromatic N) is 1. The molecular weight excluding hydrogens is 186 g/mol. The van der Waals surface area contributed by atoms with Gasteiger partial charge in [-0.2, -0.15) is 0 Å². The van der Waals surface area contributed by atoms with Gasteiger partial charge < -0.3 is 5.11 Å². The zero-order valence-corrected chi connectivity index (χ0v) is 10.8. The Kier molecular flexibility index (Phi) is 4.60. The molecular formula is C13H27NO. The van der Waals surface area contributed by atoms with E-state index in [1.54, 1.807) is 0 Å². The van der Waals surface area contributed by atoms with Crippen molar-refractivity contribution in [3.05, 3.63) is 0 Å². The van der Waals surface area contributed by atoms with Gasteiger partial charge >= 0.3 is 0 Å². The van der Waals surface area contributed by atoms with Crippen molar-refractivity contribution in [2.45, 2.75) is 52.5 Å². The van der Waals surface area contributed by atoms with Gasteiger partial charge in [-0.25, -0.2) is 0 Å². The molecule has 0 bridgehead atoms. The molecule has 90 valence electrons. The minimum atomic E-state index is 0.289. The number of aliphatic hydroxyl groups is 1. The van der Waals surface area contributed by atoms with Gasteiger partial charge in [-0.3, -0.25) is 4.90 Å². The van der Waals surface area contributed by atoms with E-state index in [9.17, 15) is 0 Å². The summed E-state index contributed by atoms with van der Waals surface area (Å²) >= 11 is 0. The molecule has 0 spiro atoms. The summed E-state index contributed by atoms with van der Waals surface area (Å²) < 4.78 is 0. The highest BCUT2D eigenvalue weighted by Gasteiger charge is 2.39. The molecule has 0 aromatic heterocycles. The second-order valence-electron chi connectivity index (χ2n) is 5.82. The number of aliphatic hydroxyl groups excluding tert-OH is 1. The van der Waals surface area contributed by atoms with Crippen molar-refractivity contribution in [1.82, 2.24) is 4.90 Å². The highest BCUT2D eigenvalue weighted by atomic mass is 16.3. The topological polar surface area (TPSA) is 23.5 Å². The van der Waals surface area contributed by atoms with Crippen LogP contribution in [0.3, 0.4) is 0 Å². The summed E-state index contributed by atoms with van der Waals surface area (Å²) in [5.74, 6) is 1.47. The quantitative estimate of drug-likeness (QED) is 0.758. The second kappa shape index (κ2) is 5.31. The van der Waals surface area contributed by atoms with Crippen molar-refractivity contribution < 1.29 is 5.11 Å². The summed E-state index contributed by atoms with van der Waals surface area (Å²) in [6.45, 7) is 12.0. The minimum absolute atomic E-state index is 0.289. The van der Waals surface area contributed by atoms with E-state index in [-0.39, 0.29) is 5.54 Å². The monoisotopic (exact) mass is 213 g/mol. The van der Waals surface area contributed by atoms with Crippen LogP contribution >= 0.6 is 0 Å². The first-order valence-corrected chi connectivity index (χ1v) is 6.34. The molecule has 0 saturated carbocycles. The molecule has 0 aliphatic carbocycles. The fourth-order valence-corrected chi connectivity index (χ4v) is 2.68. The van der Waals surface area contributed by atoms with Gasteiger partial charge in [0, 0.05) is 12.1 Å². The van der Waals surface area contributed by atoms with E-state index < -0.39 is 0 Å². The lowest BCUT2D eigenvalue weighted by atomic mass is 9.86. The van der Waals surface area contributed by atoms with Crippen molar-refractivity contribution >= 4 is 0 Å². The van der Waals surface area contributed by atoms with Crippen LogP contribution in [0.2, 0.25) is 0 Å². The third kappa shape index (κ3) is 3.18. The lowest BCUT2D eigenvalue weighted by Crippen LogP contribution is -2.43. The number of hydrogen-bond acceptors (Lipinski definition) is 2. The Bertz CT molecular complexity index is 189. The molecule has 1 atom stereocenters. The Morgan fingerprint density at radius 3 is 2.60 bits per heavy atom. The third-order valence-electron chi connectivity index (χ3n) is 4.02. The summed E-state index contributed by atoms with van der Waals surface area (Å²) in [6.07, 6.45) is 3.51. The van der Waals surface area contributed by atoms with Crippen molar-refractivity contribution in [3.8, 4) is 0 Å². The van der Waals surface area contributed by atoms with Crippen LogP contribution < -0.4 is 0 Å². The van der Waals surface area contributed by atoms with Crippen LogP contribution in [0.5, 0.6) is 0 Å². The van der Waals surface area contributed by atoms with E-state index in [1.807, 2.05) is 0 Å². The zero-order valence-electron chi connectivity index (χ0n) is 10.8. The molecule has 15 heavy (non-hydrogen) atoms. The van der Waals surface area contributed by atoms with Gasteiger partial charge in [-0.1, -0.05) is 13.8 Å². The minimum Gasteiger partial charge on any atom is -0.396 e. The first-order chi connectivity index (χ1) is 6.98. The van der Waals surface area contributed by atoms with E-state index in [2.05, 4.69) is 32.6 Å². The number of rotatable bonds is 5. The molecule has 2 heteroatoms. The highest BCUT2D eigenvalue weighted by Crippen LogP contribution is 2.36. The lowest BCUT2D eigenvalue weighted by Gasteiger charge is -2.36. The number of likely N-dealkylation sites (tertiary alicyclic amines) is 1. The molecule has 0 amide bonds. The summed E-state index contributed by atoms with van der Waals surface area (Å²) in [4.78, 5) is 2.60. The Hall–Kier alpha value is -0.0800. The van der Waals surface area contributed by atoms with E-state index in [0.29, 0.717) is 12.5 Å². The fraction of sp³-hybridized carbons (Fsp3) is 1.00. The second-order valence-corrected chi connectivity index (χ2v) is 5.82. The van der Waals surface area contributed by atoms with E-state index in [1.165, 1.54) is 25.9 Å². The normalized spacial score (nSPS) is 26.4. The van der Waals surface area contributed by atoms with Gasteiger partial charge in [0.15, 0.2) is 0 Å². The molecule has 2 nitrogen and oxygen atoms in total. The van der Waals surface area contributed by atoms with Gasteiger partial charge in [0.1, 0.15) is 0 Å². The average Bonchev–Trinajstić information content (AvgIpc) is 2.40. The first-order valence-electron chi connectivity index (χ1n) is 6.34. The number of hydrogen-bond donors (Lipinski definition) is 1. The smallest absolute Gasteiger partial charge is 0.0434 e. The SMILES string of the molecule is CC(C)CCN1CCC(CCO)C1(C)C. The van der Waals surface area contributed by atoms with E-state index >= 15 is 0 Å². The molecule has 1 N–H and O–H groups in total. The predicted molar refractivity (Wildman–Crippen MR) is 64.9 cm³/mol. The van der Waals surface area contributed by atoms with Crippen molar-refractivity contribution in [3.63, 3.8) is 0 Å². The summed E-state index contributed by atoms with van der Waals surface area (Å²) in [5, 5.41) is 9.04. The van der Waals surface area contributed by atoms with Crippen LogP contribution in [0, 0.1) is 11.8 Å². The molecule has 1 fully saturated rings.